The molecule has 2 N–H and O–H groups in total. The zero-order chi connectivity index (χ0) is 18.7. The van der Waals surface area contributed by atoms with Crippen LogP contribution >= 0.6 is 12.2 Å². The number of aromatic nitrogens is 2. The zero-order valence-corrected chi connectivity index (χ0v) is 15.4. The van der Waals surface area contributed by atoms with E-state index in [1.807, 2.05) is 24.3 Å². The number of nitrogens with zero attached hydrogens (tertiary/aromatic N) is 1. The van der Waals surface area contributed by atoms with Crippen molar-refractivity contribution < 1.29 is 9.53 Å². The fourth-order valence-corrected chi connectivity index (χ4v) is 2.94. The number of methoxy groups -OCH3 is 1. The van der Waals surface area contributed by atoms with Gasteiger partial charge in [-0.2, -0.15) is 0 Å². The second kappa shape index (κ2) is 7.63. The lowest BCUT2D eigenvalue weighted by Crippen LogP contribution is -2.24. The monoisotopic (exact) mass is 369 g/mol. The largest absolute Gasteiger partial charge is 0.380 e. The average molecular weight is 369 g/mol. The Kier molecular flexibility index (Phi) is 5.29. The Labute approximate surface area is 155 Å². The first-order chi connectivity index (χ1) is 12.5. The molecule has 0 spiro atoms. The second-order valence-electron chi connectivity index (χ2n) is 5.94. The predicted molar refractivity (Wildman–Crippen MR) is 103 cm³/mol. The van der Waals surface area contributed by atoms with Crippen molar-refractivity contribution in [2.45, 2.75) is 13.2 Å². The summed E-state index contributed by atoms with van der Waals surface area (Å²) in [7, 11) is 3.25. The lowest BCUT2D eigenvalue weighted by molar-refractivity contribution is 0.0950. The van der Waals surface area contributed by atoms with Gasteiger partial charge in [-0.3, -0.25) is 14.2 Å². The summed E-state index contributed by atoms with van der Waals surface area (Å²) in [5.41, 5.74) is 2.84. The Hall–Kier alpha value is -2.77. The van der Waals surface area contributed by atoms with Gasteiger partial charge in [-0.15, -0.1) is 0 Å². The highest BCUT2D eigenvalue weighted by molar-refractivity contribution is 7.71. The summed E-state index contributed by atoms with van der Waals surface area (Å²) in [4.78, 5) is 27.7. The van der Waals surface area contributed by atoms with Gasteiger partial charge in [-0.05, 0) is 41.5 Å². The van der Waals surface area contributed by atoms with Crippen molar-refractivity contribution in [3.05, 3.63) is 74.3 Å². The molecule has 1 aromatic heterocycles. The van der Waals surface area contributed by atoms with Crippen molar-refractivity contribution in [3.8, 4) is 0 Å². The van der Waals surface area contributed by atoms with E-state index in [0.717, 1.165) is 11.1 Å². The Morgan fingerprint density at radius 3 is 2.69 bits per heavy atom. The predicted octanol–water partition coefficient (Wildman–Crippen LogP) is 2.67. The Morgan fingerprint density at radius 1 is 1.23 bits per heavy atom. The van der Waals surface area contributed by atoms with Gasteiger partial charge >= 0.3 is 0 Å². The molecule has 0 unspecified atom stereocenters. The number of benzene rings is 2. The second-order valence-corrected chi connectivity index (χ2v) is 6.33. The van der Waals surface area contributed by atoms with E-state index in [-0.39, 0.29) is 11.5 Å². The number of ether oxygens (including phenoxy) is 1. The molecule has 0 aliphatic heterocycles. The van der Waals surface area contributed by atoms with E-state index < -0.39 is 0 Å². The molecule has 134 valence electrons. The third-order valence-corrected chi connectivity index (χ3v) is 4.60. The molecule has 26 heavy (non-hydrogen) atoms. The zero-order valence-electron chi connectivity index (χ0n) is 14.5. The van der Waals surface area contributed by atoms with Gasteiger partial charge in [0.25, 0.3) is 11.5 Å². The number of carbonyl (C=O) groups excluding carboxylic acids is 1. The maximum atomic E-state index is 12.5. The molecule has 7 heteroatoms. The number of carbonyl (C=O) groups is 1. The molecule has 0 bridgehead atoms. The van der Waals surface area contributed by atoms with Gasteiger partial charge in [0.1, 0.15) is 0 Å². The summed E-state index contributed by atoms with van der Waals surface area (Å²) in [6.07, 6.45) is 0. The summed E-state index contributed by atoms with van der Waals surface area (Å²) in [5, 5.41) is 3.39. The van der Waals surface area contributed by atoms with E-state index in [4.69, 9.17) is 17.0 Å². The topological polar surface area (TPSA) is 76.1 Å². The van der Waals surface area contributed by atoms with Crippen LogP contribution in [0.25, 0.3) is 10.9 Å². The summed E-state index contributed by atoms with van der Waals surface area (Å²) in [6.45, 7) is 0.880. The molecule has 1 heterocycles. The molecule has 6 nitrogen and oxygen atoms in total. The van der Waals surface area contributed by atoms with E-state index in [1.54, 1.807) is 32.4 Å². The molecule has 0 aliphatic rings. The van der Waals surface area contributed by atoms with E-state index in [9.17, 15) is 9.59 Å². The van der Waals surface area contributed by atoms with Crippen LogP contribution in [-0.4, -0.2) is 22.6 Å². The maximum absolute atomic E-state index is 12.5. The van der Waals surface area contributed by atoms with Crippen molar-refractivity contribution in [1.82, 2.24) is 14.9 Å². The van der Waals surface area contributed by atoms with Gasteiger partial charge in [-0.1, -0.05) is 24.3 Å². The van der Waals surface area contributed by atoms with E-state index in [0.29, 0.717) is 34.4 Å². The smallest absolute Gasteiger partial charge is 0.261 e. The normalized spacial score (nSPS) is 10.8. The Morgan fingerprint density at radius 2 is 1.96 bits per heavy atom. The molecule has 0 fully saturated rings. The van der Waals surface area contributed by atoms with Crippen LogP contribution in [0.1, 0.15) is 21.5 Å². The molecule has 3 aromatic rings. The van der Waals surface area contributed by atoms with Crippen LogP contribution in [0.4, 0.5) is 0 Å². The molecular weight excluding hydrogens is 350 g/mol. The van der Waals surface area contributed by atoms with Crippen LogP contribution in [0.2, 0.25) is 0 Å². The maximum Gasteiger partial charge on any atom is 0.261 e. The molecule has 0 radical (unpaired) electrons. The van der Waals surface area contributed by atoms with Crippen LogP contribution in [0.5, 0.6) is 0 Å². The van der Waals surface area contributed by atoms with Gasteiger partial charge in [-0.25, -0.2) is 0 Å². The van der Waals surface area contributed by atoms with Crippen molar-refractivity contribution in [2.75, 3.05) is 7.11 Å². The number of fused-ring (bicyclic) bond motifs is 1. The minimum absolute atomic E-state index is 0.191. The molecule has 0 atom stereocenters. The third kappa shape index (κ3) is 3.58. The minimum atomic E-state index is -0.223. The van der Waals surface area contributed by atoms with Crippen molar-refractivity contribution in [1.29, 1.82) is 0 Å². The molecule has 1 amide bonds. The SMILES string of the molecule is COCc1ccccc1CNC(=O)c1ccc2c(=O)n(C)c(=S)[nH]c2c1. The fourth-order valence-electron chi connectivity index (χ4n) is 2.75. The van der Waals surface area contributed by atoms with Crippen LogP contribution in [0, 0.1) is 4.77 Å². The highest BCUT2D eigenvalue weighted by Crippen LogP contribution is 2.12. The average Bonchev–Trinajstić information content (AvgIpc) is 2.65. The van der Waals surface area contributed by atoms with Crippen LogP contribution in [0.3, 0.4) is 0 Å². The summed E-state index contributed by atoms with van der Waals surface area (Å²) in [6, 6.07) is 12.7. The number of aromatic amines is 1. The van der Waals surface area contributed by atoms with Crippen molar-refractivity contribution in [3.63, 3.8) is 0 Å². The first-order valence-corrected chi connectivity index (χ1v) is 8.49. The van der Waals surface area contributed by atoms with Crippen molar-refractivity contribution in [2.24, 2.45) is 7.05 Å². The molecule has 0 saturated heterocycles. The molecule has 0 aliphatic carbocycles. The van der Waals surface area contributed by atoms with Gasteiger partial charge in [0.15, 0.2) is 4.77 Å². The highest BCUT2D eigenvalue weighted by Gasteiger charge is 2.10. The quantitative estimate of drug-likeness (QED) is 0.678. The molecule has 3 rings (SSSR count). The Balaban J connectivity index is 1.84. The number of hydrogen-bond donors (Lipinski definition) is 2. The Bertz CT molecular complexity index is 1090. The number of hydrogen-bond acceptors (Lipinski definition) is 4. The van der Waals surface area contributed by atoms with Crippen LogP contribution in [-0.2, 0) is 24.9 Å². The summed E-state index contributed by atoms with van der Waals surface area (Å²) in [5.74, 6) is -0.223. The fraction of sp³-hybridized carbons (Fsp3) is 0.211. The lowest BCUT2D eigenvalue weighted by Gasteiger charge is -2.10. The molecular formula is C19H19N3O3S. The van der Waals surface area contributed by atoms with E-state index >= 15 is 0 Å². The third-order valence-electron chi connectivity index (χ3n) is 4.22. The van der Waals surface area contributed by atoms with Gasteiger partial charge in [0.2, 0.25) is 0 Å². The van der Waals surface area contributed by atoms with Gasteiger partial charge in [0.05, 0.1) is 17.5 Å². The van der Waals surface area contributed by atoms with E-state index in [1.165, 1.54) is 4.57 Å². The minimum Gasteiger partial charge on any atom is -0.380 e. The van der Waals surface area contributed by atoms with Crippen LogP contribution in [0.15, 0.2) is 47.3 Å². The lowest BCUT2D eigenvalue weighted by atomic mass is 10.1. The summed E-state index contributed by atoms with van der Waals surface area (Å²) >= 11 is 5.13. The highest BCUT2D eigenvalue weighted by atomic mass is 32.1. The first kappa shape index (κ1) is 18.0. The number of nitrogens with one attached hydrogen (secondary N) is 2. The first-order valence-electron chi connectivity index (χ1n) is 8.08. The van der Waals surface area contributed by atoms with E-state index in [2.05, 4.69) is 10.3 Å². The summed E-state index contributed by atoms with van der Waals surface area (Å²) < 4.78 is 6.86. The number of H-pyrrole nitrogens is 1. The van der Waals surface area contributed by atoms with Crippen LogP contribution < -0.4 is 10.9 Å². The van der Waals surface area contributed by atoms with Crippen molar-refractivity contribution >= 4 is 29.0 Å². The molecule has 2 aromatic carbocycles. The standard InChI is InChI=1S/C19H19N3O3S/c1-22-18(24)15-8-7-12(9-16(15)21-19(22)26)17(23)20-10-13-5-3-4-6-14(13)11-25-2/h3-9H,10-11H2,1-2H3,(H,20,23)(H,21,26). The van der Waals surface area contributed by atoms with Gasteiger partial charge < -0.3 is 15.0 Å². The number of rotatable bonds is 5. The van der Waals surface area contributed by atoms with Gasteiger partial charge in [0, 0.05) is 26.3 Å². The molecule has 0 saturated carbocycles. The number of amides is 1.